The molecule has 0 heterocycles. The molecule has 1 aliphatic rings. The van der Waals surface area contributed by atoms with Crippen LogP contribution in [0.4, 0.5) is 0 Å². The van der Waals surface area contributed by atoms with Crippen LogP contribution < -0.4 is 5.32 Å². The van der Waals surface area contributed by atoms with Crippen molar-refractivity contribution in [3.63, 3.8) is 0 Å². The first-order valence-electron chi connectivity index (χ1n) is 7.34. The topological polar surface area (TPSA) is 75.6 Å². The zero-order chi connectivity index (χ0) is 15.4. The first-order chi connectivity index (χ1) is 9.24. The summed E-state index contributed by atoms with van der Waals surface area (Å²) in [6, 6.07) is 0. The summed E-state index contributed by atoms with van der Waals surface area (Å²) in [5.41, 5.74) is -1.67. The number of carbonyl (C=O) groups is 2. The number of ether oxygens (including phenoxy) is 1. The molecule has 1 amide bonds. The number of amides is 1. The predicted molar refractivity (Wildman–Crippen MR) is 76.5 cm³/mol. The molecule has 0 saturated heterocycles. The lowest BCUT2D eigenvalue weighted by Gasteiger charge is -2.38. The Kier molecular flexibility index (Phi) is 5.57. The van der Waals surface area contributed by atoms with Gasteiger partial charge in [-0.15, -0.1) is 0 Å². The van der Waals surface area contributed by atoms with Crippen molar-refractivity contribution in [3.8, 4) is 0 Å². The van der Waals surface area contributed by atoms with Gasteiger partial charge in [-0.05, 0) is 45.4 Å². The smallest absolute Gasteiger partial charge is 0.329 e. The second kappa shape index (κ2) is 6.57. The Morgan fingerprint density at radius 3 is 2.30 bits per heavy atom. The maximum atomic E-state index is 12.1. The Labute approximate surface area is 121 Å². The molecule has 1 saturated carbocycles. The number of carbonyl (C=O) groups excluding carboxylic acids is 1. The van der Waals surface area contributed by atoms with Gasteiger partial charge < -0.3 is 15.2 Å². The van der Waals surface area contributed by atoms with E-state index in [-0.39, 0.29) is 12.3 Å². The Morgan fingerprint density at radius 2 is 1.90 bits per heavy atom. The fourth-order valence-electron chi connectivity index (χ4n) is 2.74. The van der Waals surface area contributed by atoms with Gasteiger partial charge in [-0.3, -0.25) is 4.79 Å². The quantitative estimate of drug-likeness (QED) is 0.785. The van der Waals surface area contributed by atoms with E-state index in [1.54, 1.807) is 7.11 Å². The Bertz CT molecular complexity index is 357. The SMILES string of the molecule is CCC1CCC(NC(=O)CC(C)(C)OC)(C(=O)O)CC1. The molecule has 0 bridgehead atoms. The highest BCUT2D eigenvalue weighted by molar-refractivity contribution is 5.87. The van der Waals surface area contributed by atoms with E-state index in [1.807, 2.05) is 13.8 Å². The zero-order valence-corrected chi connectivity index (χ0v) is 13.0. The molecule has 0 unspecified atom stereocenters. The zero-order valence-electron chi connectivity index (χ0n) is 13.0. The number of aliphatic carboxylic acids is 1. The van der Waals surface area contributed by atoms with Gasteiger partial charge in [-0.25, -0.2) is 4.79 Å². The van der Waals surface area contributed by atoms with Gasteiger partial charge in [0.2, 0.25) is 5.91 Å². The van der Waals surface area contributed by atoms with Gasteiger partial charge >= 0.3 is 5.97 Å². The highest BCUT2D eigenvalue weighted by Crippen LogP contribution is 2.34. The van der Waals surface area contributed by atoms with Crippen LogP contribution in [0, 0.1) is 5.92 Å². The third-order valence-corrected chi connectivity index (χ3v) is 4.46. The fraction of sp³-hybridized carbons (Fsp3) is 0.867. The van der Waals surface area contributed by atoms with Crippen LogP contribution in [0.15, 0.2) is 0 Å². The molecule has 1 aliphatic carbocycles. The number of hydrogen-bond acceptors (Lipinski definition) is 3. The number of methoxy groups -OCH3 is 1. The van der Waals surface area contributed by atoms with Crippen LogP contribution >= 0.6 is 0 Å². The van der Waals surface area contributed by atoms with Gasteiger partial charge in [0.15, 0.2) is 0 Å². The van der Waals surface area contributed by atoms with Crippen LogP contribution in [0.2, 0.25) is 0 Å². The molecule has 5 nitrogen and oxygen atoms in total. The minimum atomic E-state index is -1.09. The summed E-state index contributed by atoms with van der Waals surface area (Å²) in [6.45, 7) is 5.75. The molecule has 2 N–H and O–H groups in total. The summed E-state index contributed by atoms with van der Waals surface area (Å²) in [5, 5.41) is 12.3. The third-order valence-electron chi connectivity index (χ3n) is 4.46. The summed E-state index contributed by atoms with van der Waals surface area (Å²) in [4.78, 5) is 23.7. The predicted octanol–water partition coefficient (Wildman–Crippen LogP) is 2.34. The summed E-state index contributed by atoms with van der Waals surface area (Å²) in [7, 11) is 1.55. The molecule has 0 aromatic rings. The second-order valence-electron chi connectivity index (χ2n) is 6.43. The van der Waals surface area contributed by atoms with E-state index in [0.29, 0.717) is 18.8 Å². The van der Waals surface area contributed by atoms with E-state index in [0.717, 1.165) is 19.3 Å². The molecule has 0 radical (unpaired) electrons. The minimum absolute atomic E-state index is 0.162. The van der Waals surface area contributed by atoms with Gasteiger partial charge in [0.05, 0.1) is 12.0 Å². The lowest BCUT2D eigenvalue weighted by Crippen LogP contribution is -2.57. The molecule has 1 rings (SSSR count). The van der Waals surface area contributed by atoms with Gasteiger partial charge in [0.1, 0.15) is 5.54 Å². The average Bonchev–Trinajstić information content (AvgIpc) is 2.38. The summed E-state index contributed by atoms with van der Waals surface area (Å²) < 4.78 is 5.22. The van der Waals surface area contributed by atoms with Gasteiger partial charge in [-0.2, -0.15) is 0 Å². The first kappa shape index (κ1) is 17.0. The van der Waals surface area contributed by atoms with E-state index < -0.39 is 17.1 Å². The molecule has 0 aromatic heterocycles. The fourth-order valence-corrected chi connectivity index (χ4v) is 2.74. The molecular weight excluding hydrogens is 258 g/mol. The second-order valence-corrected chi connectivity index (χ2v) is 6.43. The average molecular weight is 285 g/mol. The van der Waals surface area contributed by atoms with Crippen molar-refractivity contribution in [2.24, 2.45) is 5.92 Å². The molecular formula is C15H27NO4. The molecule has 0 aliphatic heterocycles. The first-order valence-corrected chi connectivity index (χ1v) is 7.34. The number of nitrogens with one attached hydrogen (secondary N) is 1. The largest absolute Gasteiger partial charge is 0.480 e. The summed E-state index contributed by atoms with van der Waals surface area (Å²) in [5.74, 6) is -0.598. The van der Waals surface area contributed by atoms with Crippen molar-refractivity contribution >= 4 is 11.9 Å². The highest BCUT2D eigenvalue weighted by atomic mass is 16.5. The molecule has 20 heavy (non-hydrogen) atoms. The van der Waals surface area contributed by atoms with Crippen LogP contribution in [-0.2, 0) is 14.3 Å². The van der Waals surface area contributed by atoms with Gasteiger partial charge in [-0.1, -0.05) is 13.3 Å². The molecule has 1 fully saturated rings. The van der Waals surface area contributed by atoms with Gasteiger partial charge in [0, 0.05) is 7.11 Å². The van der Waals surface area contributed by atoms with Crippen LogP contribution in [0.25, 0.3) is 0 Å². The maximum absolute atomic E-state index is 12.1. The lowest BCUT2D eigenvalue weighted by atomic mass is 9.75. The Balaban J connectivity index is 2.69. The van der Waals surface area contributed by atoms with Crippen molar-refractivity contribution in [2.45, 2.75) is 70.4 Å². The summed E-state index contributed by atoms with van der Waals surface area (Å²) >= 11 is 0. The van der Waals surface area contributed by atoms with E-state index in [1.165, 1.54) is 0 Å². The number of rotatable bonds is 6. The van der Waals surface area contributed by atoms with E-state index in [4.69, 9.17) is 4.74 Å². The van der Waals surface area contributed by atoms with Crippen molar-refractivity contribution in [1.29, 1.82) is 0 Å². The lowest BCUT2D eigenvalue weighted by molar-refractivity contribution is -0.150. The van der Waals surface area contributed by atoms with Gasteiger partial charge in [0.25, 0.3) is 0 Å². The Hall–Kier alpha value is -1.10. The standard InChI is InChI=1S/C15H27NO4/c1-5-11-6-8-15(9-7-11,13(18)19)16-12(17)10-14(2,3)20-4/h11H,5-10H2,1-4H3,(H,16,17)(H,18,19). The van der Waals surface area contributed by atoms with E-state index in [2.05, 4.69) is 12.2 Å². The van der Waals surface area contributed by atoms with Crippen LogP contribution in [0.5, 0.6) is 0 Å². The molecule has 0 atom stereocenters. The van der Waals surface area contributed by atoms with Crippen molar-refractivity contribution < 1.29 is 19.4 Å². The molecule has 0 aromatic carbocycles. The molecule has 0 spiro atoms. The monoisotopic (exact) mass is 285 g/mol. The number of carboxylic acid groups (broad SMARTS) is 1. The third kappa shape index (κ3) is 4.20. The highest BCUT2D eigenvalue weighted by Gasteiger charge is 2.43. The van der Waals surface area contributed by atoms with Crippen molar-refractivity contribution in [1.82, 2.24) is 5.32 Å². The minimum Gasteiger partial charge on any atom is -0.480 e. The van der Waals surface area contributed by atoms with Crippen LogP contribution in [0.1, 0.15) is 59.3 Å². The van der Waals surface area contributed by atoms with Crippen LogP contribution in [0.3, 0.4) is 0 Å². The van der Waals surface area contributed by atoms with Crippen molar-refractivity contribution in [2.75, 3.05) is 7.11 Å². The maximum Gasteiger partial charge on any atom is 0.329 e. The molecule has 5 heteroatoms. The molecule has 116 valence electrons. The van der Waals surface area contributed by atoms with E-state index in [9.17, 15) is 14.7 Å². The number of carboxylic acids is 1. The van der Waals surface area contributed by atoms with Crippen LogP contribution in [-0.4, -0.2) is 35.2 Å². The Morgan fingerprint density at radius 1 is 1.35 bits per heavy atom. The summed E-state index contributed by atoms with van der Waals surface area (Å²) in [6.07, 6.45) is 3.98. The normalized spacial score (nSPS) is 27.1. The number of hydrogen-bond donors (Lipinski definition) is 2. The van der Waals surface area contributed by atoms with E-state index >= 15 is 0 Å². The van der Waals surface area contributed by atoms with Crippen molar-refractivity contribution in [3.05, 3.63) is 0 Å².